The van der Waals surface area contributed by atoms with E-state index >= 15 is 0 Å². The van der Waals surface area contributed by atoms with Gasteiger partial charge >= 0.3 is 6.03 Å². The third-order valence-corrected chi connectivity index (χ3v) is 1.46. The lowest BCUT2D eigenvalue weighted by atomic mass is 10.6. The first-order chi connectivity index (χ1) is 3.72. The summed E-state index contributed by atoms with van der Waals surface area (Å²) in [6.45, 7) is 2.71. The summed E-state index contributed by atoms with van der Waals surface area (Å²) in [6.07, 6.45) is 0. The van der Waals surface area contributed by atoms with Gasteiger partial charge in [-0.2, -0.15) is 0 Å². The summed E-state index contributed by atoms with van der Waals surface area (Å²) in [5.74, 6) is 0. The van der Waals surface area contributed by atoms with Crippen molar-refractivity contribution in [3.8, 4) is 0 Å². The van der Waals surface area contributed by atoms with Crippen molar-refractivity contribution in [1.29, 1.82) is 0 Å². The van der Waals surface area contributed by atoms with Crippen LogP contribution in [0.2, 0.25) is 0 Å². The molecular formula is C4H12N2OSi. The van der Waals surface area contributed by atoms with E-state index in [0.29, 0.717) is 0 Å². The van der Waals surface area contributed by atoms with Crippen LogP contribution in [0.1, 0.15) is 6.92 Å². The van der Waals surface area contributed by atoms with E-state index in [1.807, 2.05) is 6.92 Å². The zero-order chi connectivity index (χ0) is 6.57. The monoisotopic (exact) mass is 132 g/mol. The average molecular weight is 132 g/mol. The highest BCUT2D eigenvalue weighted by molar-refractivity contribution is 6.13. The molecule has 0 saturated heterocycles. The first-order valence-electron chi connectivity index (χ1n) is 2.65. The first kappa shape index (κ1) is 7.49. The summed E-state index contributed by atoms with van der Waals surface area (Å²) in [5, 5.41) is 0. The molecule has 0 aliphatic heterocycles. The molecule has 1 N–H and O–H groups in total. The SMILES string of the molecule is CCN(C)C(=O)N[SiH3]. The molecule has 0 bridgehead atoms. The van der Waals surface area contributed by atoms with Crippen LogP contribution in [-0.4, -0.2) is 34.9 Å². The standard InChI is InChI=1S/C4H12N2OSi/c1-3-6(2)4(7)5-8/h3H2,1-2,8H3,(H,5,7). The maximum Gasteiger partial charge on any atom is 0.308 e. The Morgan fingerprint density at radius 1 is 1.88 bits per heavy atom. The van der Waals surface area contributed by atoms with Gasteiger partial charge in [0.25, 0.3) is 0 Å². The lowest BCUT2D eigenvalue weighted by molar-refractivity contribution is 0.217. The molecule has 0 rings (SSSR count). The predicted molar refractivity (Wildman–Crippen MR) is 36.8 cm³/mol. The van der Waals surface area contributed by atoms with E-state index in [9.17, 15) is 4.79 Å². The summed E-state index contributed by atoms with van der Waals surface area (Å²) >= 11 is 0. The molecule has 8 heavy (non-hydrogen) atoms. The van der Waals surface area contributed by atoms with Gasteiger partial charge in [0.1, 0.15) is 10.4 Å². The van der Waals surface area contributed by atoms with Gasteiger partial charge in [0.15, 0.2) is 0 Å². The van der Waals surface area contributed by atoms with E-state index in [1.165, 1.54) is 0 Å². The number of carbonyl (C=O) groups is 1. The average Bonchev–Trinajstić information content (AvgIpc) is 1.84. The number of urea groups is 1. The fourth-order valence-electron chi connectivity index (χ4n) is 0.334. The third-order valence-electron chi connectivity index (χ3n) is 1.03. The molecular weight excluding hydrogens is 120 g/mol. The van der Waals surface area contributed by atoms with E-state index in [4.69, 9.17) is 0 Å². The molecule has 0 unspecified atom stereocenters. The molecule has 0 radical (unpaired) electrons. The molecule has 0 aromatic carbocycles. The first-order valence-corrected chi connectivity index (χ1v) is 3.65. The Morgan fingerprint density at radius 2 is 2.38 bits per heavy atom. The Kier molecular flexibility index (Phi) is 3.26. The van der Waals surface area contributed by atoms with Crippen molar-refractivity contribution in [3.05, 3.63) is 0 Å². The highest BCUT2D eigenvalue weighted by Gasteiger charge is 1.98. The summed E-state index contributed by atoms with van der Waals surface area (Å²) in [5.41, 5.74) is 0. The van der Waals surface area contributed by atoms with Gasteiger partial charge < -0.3 is 9.88 Å². The van der Waals surface area contributed by atoms with Crippen LogP contribution in [0, 0.1) is 0 Å². The van der Waals surface area contributed by atoms with E-state index in [1.54, 1.807) is 11.9 Å². The van der Waals surface area contributed by atoms with E-state index in [0.717, 1.165) is 16.9 Å². The molecule has 0 atom stereocenters. The van der Waals surface area contributed by atoms with Gasteiger partial charge in [-0.05, 0) is 6.92 Å². The van der Waals surface area contributed by atoms with Gasteiger partial charge in [-0.15, -0.1) is 0 Å². The molecule has 3 nitrogen and oxygen atoms in total. The van der Waals surface area contributed by atoms with Crippen LogP contribution in [0.4, 0.5) is 4.79 Å². The lowest BCUT2D eigenvalue weighted by Gasteiger charge is -2.12. The molecule has 0 aliphatic carbocycles. The smallest absolute Gasteiger partial charge is 0.308 e. The van der Waals surface area contributed by atoms with E-state index in [2.05, 4.69) is 4.98 Å². The van der Waals surface area contributed by atoms with Crippen LogP contribution in [0.25, 0.3) is 0 Å². The number of rotatable bonds is 1. The van der Waals surface area contributed by atoms with Crippen LogP contribution in [0.3, 0.4) is 0 Å². The second-order valence-corrected chi connectivity index (χ2v) is 2.07. The largest absolute Gasteiger partial charge is 0.373 e. The van der Waals surface area contributed by atoms with Crippen molar-refractivity contribution in [1.82, 2.24) is 9.88 Å². The summed E-state index contributed by atoms with van der Waals surface area (Å²) in [6, 6.07) is 0.0270. The van der Waals surface area contributed by atoms with E-state index in [-0.39, 0.29) is 6.03 Å². The van der Waals surface area contributed by atoms with Crippen molar-refractivity contribution in [3.63, 3.8) is 0 Å². The second-order valence-electron chi connectivity index (χ2n) is 1.57. The maximum atomic E-state index is 10.6. The quantitative estimate of drug-likeness (QED) is 0.453. The normalized spacial score (nSPS) is 8.75. The molecule has 0 aromatic rings. The number of carbonyl (C=O) groups excluding carboxylic acids is 1. The van der Waals surface area contributed by atoms with Crippen LogP contribution < -0.4 is 4.98 Å². The second kappa shape index (κ2) is 3.48. The van der Waals surface area contributed by atoms with Gasteiger partial charge in [0.2, 0.25) is 0 Å². The minimum atomic E-state index is 0.0270. The molecule has 0 heterocycles. The maximum absolute atomic E-state index is 10.6. The minimum Gasteiger partial charge on any atom is -0.373 e. The molecule has 0 aromatic heterocycles. The van der Waals surface area contributed by atoms with Crippen LogP contribution >= 0.6 is 0 Å². The van der Waals surface area contributed by atoms with Crippen molar-refractivity contribution in [2.45, 2.75) is 6.92 Å². The molecule has 0 spiro atoms. The number of nitrogens with zero attached hydrogens (tertiary/aromatic N) is 1. The minimum absolute atomic E-state index is 0.0270. The summed E-state index contributed by atoms with van der Waals surface area (Å²) < 4.78 is 0. The summed E-state index contributed by atoms with van der Waals surface area (Å²) in [7, 11) is 2.51. The number of hydrogen-bond acceptors (Lipinski definition) is 1. The Morgan fingerprint density at radius 3 is 2.50 bits per heavy atom. The van der Waals surface area contributed by atoms with Crippen LogP contribution in [-0.2, 0) is 0 Å². The number of nitrogens with one attached hydrogen (secondary N) is 1. The fourth-order valence-corrected chi connectivity index (χ4v) is 0.716. The molecule has 2 amide bonds. The Bertz CT molecular complexity index is 86.1. The number of amides is 2. The molecule has 0 saturated carbocycles. The zero-order valence-electron chi connectivity index (χ0n) is 5.56. The van der Waals surface area contributed by atoms with E-state index < -0.39 is 0 Å². The van der Waals surface area contributed by atoms with Gasteiger partial charge in [-0.3, -0.25) is 0 Å². The van der Waals surface area contributed by atoms with Crippen molar-refractivity contribution in [2.75, 3.05) is 13.6 Å². The Hall–Kier alpha value is -0.513. The number of hydrogen-bond donors (Lipinski definition) is 1. The lowest BCUT2D eigenvalue weighted by Crippen LogP contribution is -2.35. The van der Waals surface area contributed by atoms with Gasteiger partial charge in [-0.1, -0.05) is 0 Å². The zero-order valence-corrected chi connectivity index (χ0v) is 7.56. The van der Waals surface area contributed by atoms with Crippen molar-refractivity contribution < 1.29 is 4.79 Å². The molecule has 48 valence electrons. The predicted octanol–water partition coefficient (Wildman–Crippen LogP) is -1.07. The van der Waals surface area contributed by atoms with Gasteiger partial charge in [-0.25, -0.2) is 4.79 Å². The van der Waals surface area contributed by atoms with Crippen molar-refractivity contribution in [2.24, 2.45) is 0 Å². The molecule has 0 fully saturated rings. The fraction of sp³-hybridized carbons (Fsp3) is 0.750. The van der Waals surface area contributed by atoms with Crippen molar-refractivity contribution >= 4 is 16.4 Å². The third kappa shape index (κ3) is 1.97. The molecule has 4 heteroatoms. The Labute approximate surface area is 52.6 Å². The highest BCUT2D eigenvalue weighted by atomic mass is 28.2. The van der Waals surface area contributed by atoms with Gasteiger partial charge in [0, 0.05) is 13.6 Å². The van der Waals surface area contributed by atoms with Gasteiger partial charge in [0.05, 0.1) is 0 Å². The molecule has 0 aliphatic rings. The Balaban J connectivity index is 3.46. The topological polar surface area (TPSA) is 32.3 Å². The highest BCUT2D eigenvalue weighted by Crippen LogP contribution is 1.78. The summed E-state index contributed by atoms with van der Waals surface area (Å²) in [4.78, 5) is 14.9. The van der Waals surface area contributed by atoms with Crippen LogP contribution in [0.5, 0.6) is 0 Å². The van der Waals surface area contributed by atoms with Crippen LogP contribution in [0.15, 0.2) is 0 Å².